The van der Waals surface area contributed by atoms with Crippen molar-refractivity contribution in [3.05, 3.63) is 44.9 Å². The number of alkyl halides is 3. The zero-order chi connectivity index (χ0) is 22.3. The number of thiazole rings is 1. The molecule has 0 amide bonds. The number of rotatable bonds is 5. The van der Waals surface area contributed by atoms with Crippen LogP contribution in [0, 0.1) is 11.8 Å². The molecule has 1 aliphatic heterocycles. The number of fused-ring (bicyclic) bond motifs is 1. The molecule has 6 nitrogen and oxygen atoms in total. The number of hydrogen-bond donors (Lipinski definition) is 2. The zero-order valence-corrected chi connectivity index (χ0v) is 17.7. The standard InChI is InChI=1S/C20H20ClF3N2O4S/c21-12-3-1-9(20(22,23)24)5-17(12)29-7-11-10-2-4-15(30-16(10)6-13(11)25)18-26-14(8-31-18)19(27)28/h1,3,5,8,10-11,13,15-16H,2,4,6-7,25H2,(H,27,28)/t10-,11?,13-,15-,16+/m1/s1. The van der Waals surface area contributed by atoms with Gasteiger partial charge in [0.15, 0.2) is 5.69 Å². The summed E-state index contributed by atoms with van der Waals surface area (Å²) in [5, 5.41) is 11.3. The summed E-state index contributed by atoms with van der Waals surface area (Å²) in [6, 6.07) is 2.75. The van der Waals surface area contributed by atoms with E-state index in [0.29, 0.717) is 17.8 Å². The minimum Gasteiger partial charge on any atom is -0.492 e. The van der Waals surface area contributed by atoms with Crippen molar-refractivity contribution in [1.29, 1.82) is 0 Å². The van der Waals surface area contributed by atoms with Gasteiger partial charge in [-0.1, -0.05) is 11.6 Å². The van der Waals surface area contributed by atoms with Crippen LogP contribution in [0.4, 0.5) is 13.2 Å². The lowest BCUT2D eigenvalue weighted by Crippen LogP contribution is -2.35. The molecule has 3 N–H and O–H groups in total. The Balaban J connectivity index is 1.41. The quantitative estimate of drug-likeness (QED) is 0.645. The molecule has 4 rings (SSSR count). The van der Waals surface area contributed by atoms with Gasteiger partial charge in [0.25, 0.3) is 0 Å². The van der Waals surface area contributed by atoms with E-state index in [9.17, 15) is 18.0 Å². The monoisotopic (exact) mass is 476 g/mol. The fraction of sp³-hybridized carbons (Fsp3) is 0.500. The van der Waals surface area contributed by atoms with E-state index in [0.717, 1.165) is 18.6 Å². The van der Waals surface area contributed by atoms with Gasteiger partial charge >= 0.3 is 12.1 Å². The predicted octanol–water partition coefficient (Wildman–Crippen LogP) is 4.78. The molecule has 0 radical (unpaired) electrons. The van der Waals surface area contributed by atoms with Crippen molar-refractivity contribution < 1.29 is 32.5 Å². The number of carboxylic acid groups (broad SMARTS) is 1. The van der Waals surface area contributed by atoms with Crippen molar-refractivity contribution >= 4 is 28.9 Å². The van der Waals surface area contributed by atoms with Crippen molar-refractivity contribution in [2.24, 2.45) is 17.6 Å². The molecule has 0 bridgehead atoms. The van der Waals surface area contributed by atoms with Crippen molar-refractivity contribution in [3.8, 4) is 5.75 Å². The van der Waals surface area contributed by atoms with Gasteiger partial charge in [0.05, 0.1) is 23.3 Å². The largest absolute Gasteiger partial charge is 0.492 e. The molecule has 1 saturated carbocycles. The second-order valence-electron chi connectivity index (χ2n) is 7.80. The number of halogens is 4. The van der Waals surface area contributed by atoms with Gasteiger partial charge in [-0.2, -0.15) is 13.2 Å². The van der Waals surface area contributed by atoms with E-state index in [-0.39, 0.29) is 53.2 Å². The van der Waals surface area contributed by atoms with E-state index in [1.807, 2.05) is 0 Å². The van der Waals surface area contributed by atoms with Crippen LogP contribution in [-0.2, 0) is 10.9 Å². The van der Waals surface area contributed by atoms with E-state index in [4.69, 9.17) is 31.9 Å². The first-order valence-corrected chi connectivity index (χ1v) is 11.0. The van der Waals surface area contributed by atoms with Gasteiger partial charge in [-0.3, -0.25) is 0 Å². The Bertz CT molecular complexity index is 970. The molecule has 2 fully saturated rings. The summed E-state index contributed by atoms with van der Waals surface area (Å²) in [5.41, 5.74) is 5.48. The normalized spacial score (nSPS) is 28.4. The smallest absolute Gasteiger partial charge is 0.416 e. The maximum Gasteiger partial charge on any atom is 0.416 e. The van der Waals surface area contributed by atoms with Crippen LogP contribution in [0.25, 0.3) is 0 Å². The Morgan fingerprint density at radius 1 is 1.39 bits per heavy atom. The van der Waals surface area contributed by atoms with Crippen LogP contribution in [0.2, 0.25) is 5.02 Å². The van der Waals surface area contributed by atoms with Gasteiger partial charge in [-0.15, -0.1) is 11.3 Å². The highest BCUT2D eigenvalue weighted by atomic mass is 35.5. The molecule has 11 heteroatoms. The molecule has 0 spiro atoms. The van der Waals surface area contributed by atoms with Gasteiger partial charge in [0.1, 0.15) is 16.9 Å². The minimum atomic E-state index is -4.49. The summed E-state index contributed by atoms with van der Waals surface area (Å²) in [4.78, 5) is 15.2. The van der Waals surface area contributed by atoms with Gasteiger partial charge in [0.2, 0.25) is 0 Å². The van der Waals surface area contributed by atoms with Crippen molar-refractivity contribution in [2.75, 3.05) is 6.61 Å². The summed E-state index contributed by atoms with van der Waals surface area (Å²) in [5.74, 6) is -1.10. The number of hydrogen-bond acceptors (Lipinski definition) is 6. The lowest BCUT2D eigenvalue weighted by Gasteiger charge is -2.34. The van der Waals surface area contributed by atoms with Crippen LogP contribution < -0.4 is 10.5 Å². The van der Waals surface area contributed by atoms with Crippen LogP contribution in [0.1, 0.15) is 46.4 Å². The van der Waals surface area contributed by atoms with Crippen LogP contribution >= 0.6 is 22.9 Å². The molecule has 31 heavy (non-hydrogen) atoms. The molecule has 1 unspecified atom stereocenters. The highest BCUT2D eigenvalue weighted by Gasteiger charge is 2.46. The predicted molar refractivity (Wildman–Crippen MR) is 107 cm³/mol. The fourth-order valence-electron chi connectivity index (χ4n) is 4.33. The number of ether oxygens (including phenoxy) is 2. The molecule has 2 aliphatic rings. The fourth-order valence-corrected chi connectivity index (χ4v) is 5.36. The topological polar surface area (TPSA) is 94.7 Å². The molecule has 5 atom stereocenters. The first-order valence-electron chi connectivity index (χ1n) is 9.72. The maximum atomic E-state index is 13.0. The summed E-state index contributed by atoms with van der Waals surface area (Å²) in [6.07, 6.45) is -2.90. The first kappa shape index (κ1) is 22.3. The number of aromatic nitrogens is 1. The van der Waals surface area contributed by atoms with E-state index < -0.39 is 17.7 Å². The molecule has 1 saturated heterocycles. The summed E-state index contributed by atoms with van der Waals surface area (Å²) in [6.45, 7) is 0.137. The maximum absolute atomic E-state index is 13.0. The third-order valence-corrected chi connectivity index (χ3v) is 7.14. The molecule has 168 valence electrons. The van der Waals surface area contributed by atoms with Crippen LogP contribution in [0.5, 0.6) is 5.75 Å². The van der Waals surface area contributed by atoms with Crippen molar-refractivity contribution in [2.45, 2.75) is 43.7 Å². The molecule has 2 aromatic rings. The number of carbonyl (C=O) groups is 1. The van der Waals surface area contributed by atoms with Gasteiger partial charge in [-0.05, 0) is 43.4 Å². The number of aromatic carboxylic acids is 1. The summed E-state index contributed by atoms with van der Waals surface area (Å²) in [7, 11) is 0. The third-order valence-electron chi connectivity index (χ3n) is 5.89. The first-order chi connectivity index (χ1) is 14.6. The minimum absolute atomic E-state index is 0.00177. The average Bonchev–Trinajstić information content (AvgIpc) is 3.30. The van der Waals surface area contributed by atoms with Gasteiger partial charge in [-0.25, -0.2) is 9.78 Å². The summed E-state index contributed by atoms with van der Waals surface area (Å²) < 4.78 is 50.8. The molecule has 2 heterocycles. The number of carboxylic acids is 1. The molecule has 1 aromatic carbocycles. The number of benzene rings is 1. The number of nitrogens with zero attached hydrogens (tertiary/aromatic N) is 1. The second kappa shape index (κ2) is 8.57. The molecule has 1 aromatic heterocycles. The highest BCUT2D eigenvalue weighted by Crippen LogP contribution is 2.46. The molecular formula is C20H20ClF3N2O4S. The average molecular weight is 477 g/mol. The lowest BCUT2D eigenvalue weighted by molar-refractivity contribution is -0.137. The number of nitrogens with two attached hydrogens (primary N) is 1. The Morgan fingerprint density at radius 2 is 2.16 bits per heavy atom. The van der Waals surface area contributed by atoms with E-state index >= 15 is 0 Å². The lowest BCUT2D eigenvalue weighted by atomic mass is 9.86. The Hall–Kier alpha value is -1.88. The van der Waals surface area contributed by atoms with Crippen molar-refractivity contribution in [3.63, 3.8) is 0 Å². The second-order valence-corrected chi connectivity index (χ2v) is 9.09. The van der Waals surface area contributed by atoms with E-state index in [2.05, 4.69) is 4.98 Å². The van der Waals surface area contributed by atoms with Crippen molar-refractivity contribution in [1.82, 2.24) is 4.98 Å². The van der Waals surface area contributed by atoms with Crippen LogP contribution in [0.15, 0.2) is 23.6 Å². The Kier molecular flexibility index (Phi) is 6.17. The van der Waals surface area contributed by atoms with Crippen LogP contribution in [-0.4, -0.2) is 34.8 Å². The van der Waals surface area contributed by atoms with Gasteiger partial charge in [0, 0.05) is 17.3 Å². The Morgan fingerprint density at radius 3 is 2.84 bits per heavy atom. The highest BCUT2D eigenvalue weighted by molar-refractivity contribution is 7.09. The van der Waals surface area contributed by atoms with Crippen LogP contribution in [0.3, 0.4) is 0 Å². The third kappa shape index (κ3) is 4.67. The zero-order valence-electron chi connectivity index (χ0n) is 16.1. The Labute approximate surface area is 185 Å². The molecular weight excluding hydrogens is 457 g/mol. The summed E-state index contributed by atoms with van der Waals surface area (Å²) >= 11 is 7.27. The molecule has 1 aliphatic carbocycles. The SMILES string of the molecule is N[C@@H]1C[C@@H]2O[C@@H](c3nc(C(=O)O)cs3)CC[C@@H]2C1COc1cc(C(F)(F)F)ccc1Cl. The van der Waals surface area contributed by atoms with E-state index in [1.165, 1.54) is 22.8 Å². The van der Waals surface area contributed by atoms with Gasteiger partial charge < -0.3 is 20.3 Å². The van der Waals surface area contributed by atoms with E-state index in [1.54, 1.807) is 0 Å².